The first-order valence-electron chi connectivity index (χ1n) is 10.6. The summed E-state index contributed by atoms with van der Waals surface area (Å²) in [5.41, 5.74) is 1.06. The van der Waals surface area contributed by atoms with Crippen LogP contribution in [-0.2, 0) is 19.6 Å². The average Bonchev–Trinajstić information content (AvgIpc) is 2.86. The first-order valence-corrected chi connectivity index (χ1v) is 12.1. The molecule has 1 N–H and O–H groups in total. The molecule has 1 aliphatic heterocycles. The van der Waals surface area contributed by atoms with E-state index in [4.69, 9.17) is 6.42 Å². The van der Waals surface area contributed by atoms with E-state index >= 15 is 0 Å². The first kappa shape index (κ1) is 25.0. The maximum absolute atomic E-state index is 13.4. The van der Waals surface area contributed by atoms with Crippen molar-refractivity contribution in [1.29, 1.82) is 0 Å². The molecule has 178 valence electrons. The van der Waals surface area contributed by atoms with Crippen LogP contribution in [-0.4, -0.2) is 75.1 Å². The van der Waals surface area contributed by atoms with Crippen LogP contribution in [0.3, 0.4) is 0 Å². The zero-order valence-corrected chi connectivity index (χ0v) is 19.8. The highest BCUT2D eigenvalue weighted by Gasteiger charge is 2.30. The maximum Gasteiger partial charge on any atom is 0.258 e. The predicted octanol–water partition coefficient (Wildman–Crippen LogP) is 0.914. The van der Waals surface area contributed by atoms with E-state index in [-0.39, 0.29) is 36.0 Å². The second kappa shape index (κ2) is 10.5. The van der Waals surface area contributed by atoms with E-state index in [1.54, 1.807) is 29.2 Å². The van der Waals surface area contributed by atoms with Crippen molar-refractivity contribution in [2.24, 2.45) is 0 Å². The van der Waals surface area contributed by atoms with Crippen LogP contribution in [0, 0.1) is 12.3 Å². The van der Waals surface area contributed by atoms with Gasteiger partial charge in [-0.1, -0.05) is 18.1 Å². The molecule has 1 heterocycles. The van der Waals surface area contributed by atoms with E-state index in [2.05, 4.69) is 11.2 Å². The van der Waals surface area contributed by atoms with Gasteiger partial charge in [0.1, 0.15) is 6.54 Å². The monoisotopic (exact) mass is 482 g/mol. The molecule has 1 fully saturated rings. The zero-order chi connectivity index (χ0) is 24.9. The lowest BCUT2D eigenvalue weighted by atomic mass is 10.1. The predicted molar refractivity (Wildman–Crippen MR) is 128 cm³/mol. The van der Waals surface area contributed by atoms with Gasteiger partial charge in [0.05, 0.1) is 4.90 Å². The number of likely N-dealkylation sites (N-methyl/N-ethyl adjacent to an activating group) is 1. The van der Waals surface area contributed by atoms with Crippen LogP contribution in [0.5, 0.6) is 0 Å². The number of amides is 3. The molecule has 3 rings (SSSR count). The minimum Gasteiger partial charge on any atom is -0.358 e. The molecule has 0 atom stereocenters. The molecular formula is C24H26N4O5S. The first-order chi connectivity index (χ1) is 16.2. The lowest BCUT2D eigenvalue weighted by Gasteiger charge is -2.33. The Morgan fingerprint density at radius 1 is 1.06 bits per heavy atom. The van der Waals surface area contributed by atoms with Crippen LogP contribution in [0.4, 0.5) is 5.69 Å². The fourth-order valence-corrected chi connectivity index (χ4v) is 5.07. The topological polar surface area (TPSA) is 107 Å². The second-order valence-corrected chi connectivity index (χ2v) is 9.64. The van der Waals surface area contributed by atoms with E-state index < -0.39 is 21.8 Å². The molecule has 0 unspecified atom stereocenters. The Balaban J connectivity index is 1.91. The second-order valence-electron chi connectivity index (χ2n) is 7.70. The number of anilines is 1. The Hall–Kier alpha value is -3.68. The summed E-state index contributed by atoms with van der Waals surface area (Å²) in [6.07, 6.45) is 5.47. The Morgan fingerprint density at radius 3 is 2.35 bits per heavy atom. The molecule has 0 aliphatic carbocycles. The summed E-state index contributed by atoms with van der Waals surface area (Å²) >= 11 is 0. The van der Waals surface area contributed by atoms with Gasteiger partial charge in [-0.2, -0.15) is 4.31 Å². The number of carbonyl (C=O) groups is 3. The third-order valence-electron chi connectivity index (χ3n) is 5.55. The third-order valence-corrected chi connectivity index (χ3v) is 7.45. The standard InChI is InChI=1S/C24H26N4O5S/c1-4-19-7-5-9-21(15-19)28(17-23(30)25-3)24(31)20-8-6-10-22(16-20)34(32,33)27-13-11-26(12-14-27)18(2)29/h1,5-10,15-16H,11-14,17H2,2-3H3,(H,25,30). The number of benzene rings is 2. The summed E-state index contributed by atoms with van der Waals surface area (Å²) in [6.45, 7) is 2.12. The third kappa shape index (κ3) is 5.44. The molecule has 1 aliphatic rings. The van der Waals surface area contributed by atoms with Gasteiger partial charge in [-0.05, 0) is 36.4 Å². The number of sulfonamides is 1. The summed E-state index contributed by atoms with van der Waals surface area (Å²) < 4.78 is 27.7. The molecule has 3 amide bonds. The molecule has 0 aromatic heterocycles. The Bertz CT molecular complexity index is 1240. The average molecular weight is 483 g/mol. The number of piperazine rings is 1. The fraction of sp³-hybridized carbons (Fsp3) is 0.292. The molecule has 34 heavy (non-hydrogen) atoms. The molecule has 0 saturated carbocycles. The summed E-state index contributed by atoms with van der Waals surface area (Å²) in [5.74, 6) is 1.45. The normalized spacial score (nSPS) is 14.2. The molecule has 2 aromatic rings. The van der Waals surface area contributed by atoms with Crippen molar-refractivity contribution in [2.45, 2.75) is 11.8 Å². The molecule has 0 spiro atoms. The van der Waals surface area contributed by atoms with Gasteiger partial charge in [0.15, 0.2) is 0 Å². The van der Waals surface area contributed by atoms with Crippen LogP contribution < -0.4 is 10.2 Å². The Kier molecular flexibility index (Phi) is 7.71. The van der Waals surface area contributed by atoms with Crippen molar-refractivity contribution in [3.8, 4) is 12.3 Å². The molecule has 2 aromatic carbocycles. The van der Waals surface area contributed by atoms with Crippen molar-refractivity contribution >= 4 is 33.4 Å². The lowest BCUT2D eigenvalue weighted by Crippen LogP contribution is -2.49. The number of carbonyl (C=O) groups excluding carboxylic acids is 3. The van der Waals surface area contributed by atoms with Crippen LogP contribution in [0.15, 0.2) is 53.4 Å². The number of hydrogen-bond acceptors (Lipinski definition) is 5. The largest absolute Gasteiger partial charge is 0.358 e. The minimum absolute atomic E-state index is 0.0353. The SMILES string of the molecule is C#Cc1cccc(N(CC(=O)NC)C(=O)c2cccc(S(=O)(=O)N3CCN(C(C)=O)CC3)c2)c1. The zero-order valence-electron chi connectivity index (χ0n) is 19.0. The van der Waals surface area contributed by atoms with Crippen LogP contribution >= 0.6 is 0 Å². The highest BCUT2D eigenvalue weighted by atomic mass is 32.2. The number of rotatable bonds is 6. The smallest absolute Gasteiger partial charge is 0.258 e. The summed E-state index contributed by atoms with van der Waals surface area (Å²) in [5, 5.41) is 2.49. The van der Waals surface area contributed by atoms with E-state index in [1.165, 1.54) is 47.4 Å². The minimum atomic E-state index is -3.88. The highest BCUT2D eigenvalue weighted by molar-refractivity contribution is 7.89. The van der Waals surface area contributed by atoms with Gasteiger partial charge < -0.3 is 10.2 Å². The number of terminal acetylenes is 1. The molecule has 0 bridgehead atoms. The van der Waals surface area contributed by atoms with Crippen molar-refractivity contribution < 1.29 is 22.8 Å². The van der Waals surface area contributed by atoms with E-state index in [0.717, 1.165) is 0 Å². The fourth-order valence-electron chi connectivity index (χ4n) is 3.60. The van der Waals surface area contributed by atoms with Gasteiger partial charge in [-0.3, -0.25) is 19.3 Å². The molecule has 0 radical (unpaired) electrons. The Morgan fingerprint density at radius 2 is 1.74 bits per heavy atom. The van der Waals surface area contributed by atoms with Crippen molar-refractivity contribution in [3.05, 3.63) is 59.7 Å². The van der Waals surface area contributed by atoms with Gasteiger partial charge in [0.25, 0.3) is 5.91 Å². The molecular weight excluding hydrogens is 456 g/mol. The van der Waals surface area contributed by atoms with Gasteiger partial charge >= 0.3 is 0 Å². The summed E-state index contributed by atoms with van der Waals surface area (Å²) in [6, 6.07) is 12.3. The maximum atomic E-state index is 13.4. The summed E-state index contributed by atoms with van der Waals surface area (Å²) in [4.78, 5) is 39.9. The van der Waals surface area contributed by atoms with Gasteiger partial charge in [0.2, 0.25) is 21.8 Å². The number of nitrogens with zero attached hydrogens (tertiary/aromatic N) is 3. The van der Waals surface area contributed by atoms with Gasteiger partial charge in [-0.15, -0.1) is 6.42 Å². The molecule has 9 nitrogen and oxygen atoms in total. The summed E-state index contributed by atoms with van der Waals surface area (Å²) in [7, 11) is -2.42. The van der Waals surface area contributed by atoms with Crippen LogP contribution in [0.2, 0.25) is 0 Å². The Labute approximate surface area is 199 Å². The lowest BCUT2D eigenvalue weighted by molar-refractivity contribution is -0.130. The van der Waals surface area contributed by atoms with Crippen LogP contribution in [0.1, 0.15) is 22.8 Å². The van der Waals surface area contributed by atoms with E-state index in [0.29, 0.717) is 24.3 Å². The van der Waals surface area contributed by atoms with Crippen molar-refractivity contribution in [1.82, 2.24) is 14.5 Å². The van der Waals surface area contributed by atoms with Gasteiger partial charge in [-0.25, -0.2) is 8.42 Å². The molecule has 10 heteroatoms. The number of nitrogens with one attached hydrogen (secondary N) is 1. The van der Waals surface area contributed by atoms with Crippen molar-refractivity contribution in [2.75, 3.05) is 44.7 Å². The highest BCUT2D eigenvalue weighted by Crippen LogP contribution is 2.23. The molecule has 1 saturated heterocycles. The van der Waals surface area contributed by atoms with Gasteiger partial charge in [0, 0.05) is 57.0 Å². The van der Waals surface area contributed by atoms with E-state index in [9.17, 15) is 22.8 Å². The number of hydrogen-bond donors (Lipinski definition) is 1. The van der Waals surface area contributed by atoms with Crippen molar-refractivity contribution in [3.63, 3.8) is 0 Å². The van der Waals surface area contributed by atoms with Crippen LogP contribution in [0.25, 0.3) is 0 Å². The quantitative estimate of drug-likeness (QED) is 0.616. The van der Waals surface area contributed by atoms with E-state index in [1.807, 2.05) is 0 Å².